The van der Waals surface area contributed by atoms with Crippen LogP contribution in [0.2, 0.25) is 0 Å². The molecule has 1 aliphatic carbocycles. The lowest BCUT2D eigenvalue weighted by atomic mass is 9.83. The highest BCUT2D eigenvalue weighted by molar-refractivity contribution is 9.09. The number of amides is 1. The molecule has 18 heavy (non-hydrogen) atoms. The predicted octanol–water partition coefficient (Wildman–Crippen LogP) is 2.87. The molecule has 0 radical (unpaired) electrons. The highest BCUT2D eigenvalue weighted by atomic mass is 79.9. The Morgan fingerprint density at radius 3 is 2.56 bits per heavy atom. The van der Waals surface area contributed by atoms with Crippen molar-refractivity contribution in [1.29, 1.82) is 0 Å². The second-order valence-corrected chi connectivity index (χ2v) is 5.30. The summed E-state index contributed by atoms with van der Waals surface area (Å²) in [7, 11) is 0. The molecule has 1 N–H and O–H groups in total. The average Bonchev–Trinajstić information content (AvgIpc) is 2.35. The Morgan fingerprint density at radius 1 is 1.33 bits per heavy atom. The standard InChI is InChI=1S/C12H20BrF2NO2/c13-9-12(5-2-1-3-6-12)16-11(17)4-7-18-8-10(14)15/h10H,1-9H2,(H,16,17). The molecule has 3 nitrogen and oxygen atoms in total. The molecular weight excluding hydrogens is 308 g/mol. The smallest absolute Gasteiger partial charge is 0.261 e. The maximum absolute atomic E-state index is 11.8. The number of hydrogen-bond donors (Lipinski definition) is 1. The van der Waals surface area contributed by atoms with Crippen molar-refractivity contribution in [2.75, 3.05) is 18.5 Å². The lowest BCUT2D eigenvalue weighted by Crippen LogP contribution is -2.51. The van der Waals surface area contributed by atoms with Crippen molar-refractivity contribution in [3.05, 3.63) is 0 Å². The number of nitrogens with one attached hydrogen (secondary N) is 1. The van der Waals surface area contributed by atoms with Crippen LogP contribution in [0, 0.1) is 0 Å². The minimum Gasteiger partial charge on any atom is -0.375 e. The molecule has 0 aromatic heterocycles. The third-order valence-electron chi connectivity index (χ3n) is 3.19. The summed E-state index contributed by atoms with van der Waals surface area (Å²) in [6.45, 7) is -0.550. The summed E-state index contributed by atoms with van der Waals surface area (Å²) in [6.07, 6.45) is 3.06. The molecule has 0 bridgehead atoms. The van der Waals surface area contributed by atoms with Gasteiger partial charge in [-0.05, 0) is 12.8 Å². The van der Waals surface area contributed by atoms with E-state index >= 15 is 0 Å². The maximum atomic E-state index is 11.8. The van der Waals surface area contributed by atoms with Gasteiger partial charge in [-0.15, -0.1) is 0 Å². The van der Waals surface area contributed by atoms with E-state index in [0.717, 1.165) is 31.0 Å². The number of carbonyl (C=O) groups is 1. The van der Waals surface area contributed by atoms with Crippen LogP contribution < -0.4 is 5.32 Å². The van der Waals surface area contributed by atoms with E-state index < -0.39 is 13.0 Å². The van der Waals surface area contributed by atoms with E-state index in [1.54, 1.807) is 0 Å². The molecule has 0 saturated heterocycles. The molecule has 1 amide bonds. The summed E-state index contributed by atoms with van der Waals surface area (Å²) in [4.78, 5) is 11.7. The Hall–Kier alpha value is -0.230. The first-order chi connectivity index (χ1) is 8.58. The molecule has 106 valence electrons. The number of carbonyl (C=O) groups excluding carboxylic acids is 1. The van der Waals surface area contributed by atoms with Gasteiger partial charge >= 0.3 is 0 Å². The average molecular weight is 328 g/mol. The third-order valence-corrected chi connectivity index (χ3v) is 4.26. The quantitative estimate of drug-likeness (QED) is 0.576. The van der Waals surface area contributed by atoms with Crippen molar-refractivity contribution >= 4 is 21.8 Å². The van der Waals surface area contributed by atoms with Gasteiger partial charge in [0.1, 0.15) is 6.61 Å². The summed E-state index contributed by atoms with van der Waals surface area (Å²) >= 11 is 3.45. The van der Waals surface area contributed by atoms with Crippen LogP contribution in [0.5, 0.6) is 0 Å². The van der Waals surface area contributed by atoms with Gasteiger partial charge < -0.3 is 10.1 Å². The summed E-state index contributed by atoms with van der Waals surface area (Å²) in [5.74, 6) is -0.120. The van der Waals surface area contributed by atoms with Crippen LogP contribution in [0.4, 0.5) is 8.78 Å². The lowest BCUT2D eigenvalue weighted by molar-refractivity contribution is -0.124. The van der Waals surface area contributed by atoms with E-state index in [-0.39, 0.29) is 24.5 Å². The molecule has 1 rings (SSSR count). The molecule has 0 aromatic rings. The van der Waals surface area contributed by atoms with E-state index in [4.69, 9.17) is 4.74 Å². The largest absolute Gasteiger partial charge is 0.375 e. The second-order valence-electron chi connectivity index (χ2n) is 4.74. The molecule has 6 heteroatoms. The first-order valence-electron chi connectivity index (χ1n) is 6.31. The van der Waals surface area contributed by atoms with E-state index in [1.807, 2.05) is 0 Å². The van der Waals surface area contributed by atoms with Gasteiger partial charge in [-0.2, -0.15) is 0 Å². The van der Waals surface area contributed by atoms with Gasteiger partial charge in [0.15, 0.2) is 0 Å². The highest BCUT2D eigenvalue weighted by Gasteiger charge is 2.32. The number of alkyl halides is 3. The van der Waals surface area contributed by atoms with Crippen molar-refractivity contribution in [2.45, 2.75) is 50.5 Å². The van der Waals surface area contributed by atoms with Gasteiger partial charge in [0.25, 0.3) is 6.43 Å². The fourth-order valence-corrected chi connectivity index (χ4v) is 2.92. The van der Waals surface area contributed by atoms with Crippen LogP contribution in [-0.4, -0.2) is 36.4 Å². The first-order valence-corrected chi connectivity index (χ1v) is 7.43. The Labute approximate surface area is 115 Å². The molecule has 0 aromatic carbocycles. The zero-order chi connectivity index (χ0) is 13.4. The lowest BCUT2D eigenvalue weighted by Gasteiger charge is -2.36. The normalized spacial score (nSPS) is 18.9. The zero-order valence-corrected chi connectivity index (χ0v) is 12.0. The van der Waals surface area contributed by atoms with Gasteiger partial charge in [-0.25, -0.2) is 8.78 Å². The van der Waals surface area contributed by atoms with Crippen LogP contribution in [0.25, 0.3) is 0 Å². The Morgan fingerprint density at radius 2 is 2.00 bits per heavy atom. The van der Waals surface area contributed by atoms with E-state index in [2.05, 4.69) is 21.2 Å². The van der Waals surface area contributed by atoms with Gasteiger partial charge in [-0.1, -0.05) is 35.2 Å². The molecule has 0 spiro atoms. The number of rotatable bonds is 7. The van der Waals surface area contributed by atoms with Crippen LogP contribution in [-0.2, 0) is 9.53 Å². The Balaban J connectivity index is 2.25. The van der Waals surface area contributed by atoms with Crippen LogP contribution >= 0.6 is 15.9 Å². The molecule has 0 unspecified atom stereocenters. The summed E-state index contributed by atoms with van der Waals surface area (Å²) in [5.41, 5.74) is -0.155. The molecular formula is C12H20BrF2NO2. The van der Waals surface area contributed by atoms with Gasteiger partial charge in [-0.3, -0.25) is 4.79 Å². The summed E-state index contributed by atoms with van der Waals surface area (Å²) in [6, 6.07) is 0. The number of halogens is 3. The fraction of sp³-hybridized carbons (Fsp3) is 0.917. The minimum absolute atomic E-state index is 0.0501. The monoisotopic (exact) mass is 327 g/mol. The molecule has 1 fully saturated rings. The number of ether oxygens (including phenoxy) is 1. The zero-order valence-electron chi connectivity index (χ0n) is 10.4. The molecule has 0 aliphatic heterocycles. The summed E-state index contributed by atoms with van der Waals surface area (Å²) < 4.78 is 28.3. The first kappa shape index (κ1) is 15.8. The highest BCUT2D eigenvalue weighted by Crippen LogP contribution is 2.29. The Kier molecular flexibility index (Phi) is 7.07. The molecule has 1 aliphatic rings. The maximum Gasteiger partial charge on any atom is 0.261 e. The second kappa shape index (κ2) is 8.04. The minimum atomic E-state index is -2.47. The molecule has 0 heterocycles. The van der Waals surface area contributed by atoms with Gasteiger partial charge in [0.2, 0.25) is 5.91 Å². The van der Waals surface area contributed by atoms with E-state index in [1.165, 1.54) is 6.42 Å². The van der Waals surface area contributed by atoms with Crippen LogP contribution in [0.3, 0.4) is 0 Å². The summed E-state index contributed by atoms with van der Waals surface area (Å²) in [5, 5.41) is 3.76. The van der Waals surface area contributed by atoms with Crippen molar-refractivity contribution in [3.8, 4) is 0 Å². The fourth-order valence-electron chi connectivity index (χ4n) is 2.22. The van der Waals surface area contributed by atoms with Crippen LogP contribution in [0.1, 0.15) is 38.5 Å². The van der Waals surface area contributed by atoms with Crippen molar-refractivity contribution < 1.29 is 18.3 Å². The SMILES string of the molecule is O=C(CCOCC(F)F)NC1(CBr)CCCCC1. The van der Waals surface area contributed by atoms with Crippen molar-refractivity contribution in [1.82, 2.24) is 5.32 Å². The molecule has 1 saturated carbocycles. The molecule has 0 atom stereocenters. The van der Waals surface area contributed by atoms with Gasteiger partial charge in [0.05, 0.1) is 6.61 Å². The predicted molar refractivity (Wildman–Crippen MR) is 69.2 cm³/mol. The van der Waals surface area contributed by atoms with Crippen molar-refractivity contribution in [2.24, 2.45) is 0 Å². The van der Waals surface area contributed by atoms with Gasteiger partial charge in [0, 0.05) is 17.3 Å². The van der Waals surface area contributed by atoms with E-state index in [0.29, 0.717) is 0 Å². The van der Waals surface area contributed by atoms with E-state index in [9.17, 15) is 13.6 Å². The number of hydrogen-bond acceptors (Lipinski definition) is 2. The Bertz CT molecular complexity index is 258. The van der Waals surface area contributed by atoms with Crippen LogP contribution in [0.15, 0.2) is 0 Å². The third kappa shape index (κ3) is 5.61. The van der Waals surface area contributed by atoms with Crippen molar-refractivity contribution in [3.63, 3.8) is 0 Å². The topological polar surface area (TPSA) is 38.3 Å².